The van der Waals surface area contributed by atoms with Crippen LogP contribution in [0.3, 0.4) is 0 Å². The van der Waals surface area contributed by atoms with E-state index in [9.17, 15) is 4.79 Å². The summed E-state index contributed by atoms with van der Waals surface area (Å²) in [5, 5.41) is 15.3. The monoisotopic (exact) mass is 453 g/mol. The Morgan fingerprint density at radius 1 is 1.09 bits per heavy atom. The Morgan fingerprint density at radius 2 is 1.81 bits per heavy atom. The van der Waals surface area contributed by atoms with Crippen molar-refractivity contribution < 1.29 is 4.74 Å². The molecule has 0 radical (unpaired) electrons. The number of nitrogens with one attached hydrogen (secondary N) is 1. The number of benzene rings is 1. The summed E-state index contributed by atoms with van der Waals surface area (Å²) >= 11 is 1.54. The predicted molar refractivity (Wildman–Crippen MR) is 130 cm³/mol. The van der Waals surface area contributed by atoms with Crippen LogP contribution in [0.1, 0.15) is 47.0 Å². The Labute approximate surface area is 193 Å². The Bertz CT molecular complexity index is 1130. The molecule has 0 unspecified atom stereocenters. The third-order valence-corrected chi connectivity index (χ3v) is 7.28. The molecule has 8 heteroatoms. The van der Waals surface area contributed by atoms with Gasteiger partial charge in [-0.15, -0.1) is 10.2 Å². The first kappa shape index (κ1) is 22.5. The van der Waals surface area contributed by atoms with Crippen LogP contribution in [0.15, 0.2) is 41.3 Å². The number of anilines is 1. The smallest absolute Gasteiger partial charge is 0.247 e. The Balaban J connectivity index is 1.77. The van der Waals surface area contributed by atoms with Crippen molar-refractivity contribution in [3.05, 3.63) is 46.9 Å². The Morgan fingerprint density at radius 3 is 2.44 bits per heavy atom. The molecule has 1 aromatic carbocycles. The maximum Gasteiger partial charge on any atom is 0.247 e. The lowest BCUT2D eigenvalue weighted by Crippen LogP contribution is -2.64. The number of hydrogen-bond acceptors (Lipinski definition) is 7. The van der Waals surface area contributed by atoms with Crippen LogP contribution in [0, 0.1) is 0 Å². The minimum atomic E-state index is -0.134. The summed E-state index contributed by atoms with van der Waals surface area (Å²) in [4.78, 5) is 14.3. The summed E-state index contributed by atoms with van der Waals surface area (Å²) in [5.74, 6) is 0.720. The van der Waals surface area contributed by atoms with E-state index < -0.39 is 0 Å². The van der Waals surface area contributed by atoms with E-state index in [2.05, 4.69) is 59.9 Å². The molecule has 1 aliphatic heterocycles. The fourth-order valence-corrected chi connectivity index (χ4v) is 5.93. The number of nitrogens with zero attached hydrogens (tertiary/aromatic N) is 4. The van der Waals surface area contributed by atoms with Crippen LogP contribution < -0.4 is 15.3 Å². The molecule has 0 bridgehead atoms. The van der Waals surface area contributed by atoms with E-state index in [-0.39, 0.29) is 16.6 Å². The van der Waals surface area contributed by atoms with Crippen LogP contribution in [0.4, 0.5) is 5.13 Å². The number of hydrogen-bond donors (Lipinski definition) is 1. The van der Waals surface area contributed by atoms with Gasteiger partial charge in [0.25, 0.3) is 0 Å². The van der Waals surface area contributed by atoms with Crippen molar-refractivity contribution in [2.24, 2.45) is 0 Å². The summed E-state index contributed by atoms with van der Waals surface area (Å²) in [5.41, 5.74) is 2.61. The maximum atomic E-state index is 11.6. The average Bonchev–Trinajstić information content (AvgIpc) is 3.22. The fourth-order valence-electron chi connectivity index (χ4n) is 5.07. The number of aromatic nitrogens is 3. The summed E-state index contributed by atoms with van der Waals surface area (Å²) in [7, 11) is 3.73. The quantitative estimate of drug-likeness (QED) is 0.588. The molecule has 3 aromatic rings. The Kier molecular flexibility index (Phi) is 5.85. The van der Waals surface area contributed by atoms with Gasteiger partial charge in [0.05, 0.1) is 12.7 Å². The number of piperidine rings is 1. The lowest BCUT2D eigenvalue weighted by atomic mass is 9.81. The third kappa shape index (κ3) is 4.04. The molecule has 0 amide bonds. The number of H-pyrrole nitrogens is 1. The SMILES string of the molecule is COc1cccc(-c2ccc(=O)[nH]c2)c1-c1nnc(N(C)N2C(C)(C)CCCC2(C)C)s1. The van der Waals surface area contributed by atoms with Gasteiger partial charge in [0.2, 0.25) is 10.7 Å². The van der Waals surface area contributed by atoms with Crippen LogP contribution in [0.2, 0.25) is 0 Å². The van der Waals surface area contributed by atoms with Crippen molar-refractivity contribution in [1.29, 1.82) is 0 Å². The van der Waals surface area contributed by atoms with Crippen molar-refractivity contribution in [3.8, 4) is 27.4 Å². The van der Waals surface area contributed by atoms with Crippen molar-refractivity contribution in [2.75, 3.05) is 19.2 Å². The van der Waals surface area contributed by atoms with Crippen LogP contribution in [-0.2, 0) is 0 Å². The van der Waals surface area contributed by atoms with Crippen LogP contribution >= 0.6 is 11.3 Å². The molecular weight excluding hydrogens is 422 g/mol. The van der Waals surface area contributed by atoms with Crippen LogP contribution in [-0.4, -0.2) is 45.4 Å². The molecule has 7 nitrogen and oxygen atoms in total. The molecule has 1 fully saturated rings. The zero-order valence-corrected chi connectivity index (χ0v) is 20.4. The van der Waals surface area contributed by atoms with E-state index in [1.165, 1.54) is 12.5 Å². The van der Waals surface area contributed by atoms with Crippen molar-refractivity contribution in [3.63, 3.8) is 0 Å². The molecule has 0 spiro atoms. The first-order chi connectivity index (χ1) is 15.1. The molecule has 32 heavy (non-hydrogen) atoms. The third-order valence-electron chi connectivity index (χ3n) is 6.27. The molecule has 0 atom stereocenters. The van der Waals surface area contributed by atoms with E-state index >= 15 is 0 Å². The van der Waals surface area contributed by atoms with Gasteiger partial charge >= 0.3 is 0 Å². The van der Waals surface area contributed by atoms with Crippen molar-refractivity contribution in [1.82, 2.24) is 20.2 Å². The largest absolute Gasteiger partial charge is 0.496 e. The van der Waals surface area contributed by atoms with Gasteiger partial charge in [-0.3, -0.25) is 9.80 Å². The van der Waals surface area contributed by atoms with Crippen molar-refractivity contribution in [2.45, 2.75) is 58.0 Å². The predicted octanol–water partition coefficient (Wildman–Crippen LogP) is 4.96. The Hall–Kier alpha value is -2.71. The first-order valence-corrected chi connectivity index (χ1v) is 11.7. The van der Waals surface area contributed by atoms with Gasteiger partial charge in [-0.1, -0.05) is 23.5 Å². The molecule has 4 rings (SSSR count). The van der Waals surface area contributed by atoms with E-state index in [1.54, 1.807) is 24.6 Å². The fraction of sp³-hybridized carbons (Fsp3) is 0.458. The number of hydrazine groups is 1. The molecule has 170 valence electrons. The zero-order valence-electron chi connectivity index (χ0n) is 19.6. The van der Waals surface area contributed by atoms with Gasteiger partial charge in [0.1, 0.15) is 5.75 Å². The van der Waals surface area contributed by atoms with Gasteiger partial charge in [-0.25, -0.2) is 5.01 Å². The van der Waals surface area contributed by atoms with Crippen LogP contribution in [0.5, 0.6) is 5.75 Å². The number of ether oxygens (including phenoxy) is 1. The highest BCUT2D eigenvalue weighted by Gasteiger charge is 2.44. The number of methoxy groups -OCH3 is 1. The summed E-state index contributed by atoms with van der Waals surface area (Å²) < 4.78 is 5.68. The molecule has 0 saturated carbocycles. The van der Waals surface area contributed by atoms with Crippen molar-refractivity contribution >= 4 is 16.5 Å². The lowest BCUT2D eigenvalue weighted by molar-refractivity contribution is -0.0326. The van der Waals surface area contributed by atoms with E-state index in [1.807, 2.05) is 24.3 Å². The minimum absolute atomic E-state index is 0.0217. The summed E-state index contributed by atoms with van der Waals surface area (Å²) in [6.45, 7) is 9.17. The summed E-state index contributed by atoms with van der Waals surface area (Å²) in [6.07, 6.45) is 5.20. The highest BCUT2D eigenvalue weighted by atomic mass is 32.1. The molecule has 2 aromatic heterocycles. The average molecular weight is 454 g/mol. The summed E-state index contributed by atoms with van der Waals surface area (Å²) in [6, 6.07) is 9.21. The van der Waals surface area contributed by atoms with Gasteiger partial charge < -0.3 is 9.72 Å². The van der Waals surface area contributed by atoms with E-state index in [4.69, 9.17) is 4.74 Å². The second-order valence-electron chi connectivity index (χ2n) is 9.53. The minimum Gasteiger partial charge on any atom is -0.496 e. The second kappa shape index (κ2) is 8.33. The highest BCUT2D eigenvalue weighted by molar-refractivity contribution is 7.18. The van der Waals surface area contributed by atoms with Gasteiger partial charge in [-0.05, 0) is 70.2 Å². The topological polar surface area (TPSA) is 74.3 Å². The lowest BCUT2D eigenvalue weighted by Gasteiger charge is -2.55. The maximum absolute atomic E-state index is 11.6. The molecular formula is C24H31N5O2S. The van der Waals surface area contributed by atoms with E-state index in [0.717, 1.165) is 45.4 Å². The molecule has 3 heterocycles. The molecule has 1 saturated heterocycles. The zero-order chi connectivity index (χ0) is 23.1. The van der Waals surface area contributed by atoms with Gasteiger partial charge in [0.15, 0.2) is 5.01 Å². The van der Waals surface area contributed by atoms with Crippen LogP contribution in [0.25, 0.3) is 21.7 Å². The number of pyridine rings is 1. The first-order valence-electron chi connectivity index (χ1n) is 10.9. The van der Waals surface area contributed by atoms with Gasteiger partial charge in [-0.2, -0.15) is 0 Å². The standard InChI is InChI=1S/C24H31N5O2S/c1-23(2)13-8-14-24(3,4)29(23)28(5)22-27-26-21(32-22)20-17(9-7-10-18(20)31-6)16-11-12-19(30)25-15-16/h7,9-12,15H,8,13-14H2,1-6H3,(H,25,30). The van der Waals surface area contributed by atoms with Gasteiger partial charge in [0, 0.05) is 30.4 Å². The highest BCUT2D eigenvalue weighted by Crippen LogP contribution is 2.44. The second-order valence-corrected chi connectivity index (χ2v) is 10.5. The normalized spacial score (nSPS) is 17.8. The van der Waals surface area contributed by atoms with E-state index in [0.29, 0.717) is 0 Å². The molecule has 1 aliphatic rings. The molecule has 0 aliphatic carbocycles. The molecule has 1 N–H and O–H groups in total. The number of aromatic amines is 1. The number of rotatable bonds is 5.